The van der Waals surface area contributed by atoms with Crippen molar-refractivity contribution in [3.8, 4) is 0 Å². The number of rotatable bonds is 21. The summed E-state index contributed by atoms with van der Waals surface area (Å²) in [4.78, 5) is 0. The molecule has 0 saturated heterocycles. The maximum Gasteiger partial charge on any atom is 0.0653 e. The van der Waals surface area contributed by atoms with Crippen molar-refractivity contribution >= 4 is 0 Å². The van der Waals surface area contributed by atoms with Gasteiger partial charge in [-0.1, -0.05) is 157 Å². The molecule has 0 N–H and O–H groups in total. The normalized spacial score (nSPS) is 17.0. The van der Waals surface area contributed by atoms with Crippen LogP contribution in [0.2, 0.25) is 0 Å². The third-order valence-corrected chi connectivity index (χ3v) is 7.94. The summed E-state index contributed by atoms with van der Waals surface area (Å²) in [5, 5.41) is 0. The lowest BCUT2D eigenvalue weighted by Gasteiger charge is -2.32. The summed E-state index contributed by atoms with van der Waals surface area (Å²) in [6.07, 6.45) is 36.8. The second-order valence-corrected chi connectivity index (χ2v) is 12.2. The van der Waals surface area contributed by atoms with E-state index in [0.29, 0.717) is 5.41 Å². The SMILES string of the molecule is CCCCCCCCCCCCCCCCOC\C=C(C)/C=C/C=C(C)\C=C\C1=C(C)CCCC1(C)C. The van der Waals surface area contributed by atoms with E-state index >= 15 is 0 Å². The fourth-order valence-electron chi connectivity index (χ4n) is 5.37. The quantitative estimate of drug-likeness (QED) is 0.110. The number of hydrogen-bond acceptors (Lipinski definition) is 1. The summed E-state index contributed by atoms with van der Waals surface area (Å²) in [6, 6.07) is 0. The van der Waals surface area contributed by atoms with E-state index in [1.807, 2.05) is 0 Å². The molecule has 0 radical (unpaired) electrons. The first-order valence-corrected chi connectivity index (χ1v) is 15.8. The zero-order valence-corrected chi connectivity index (χ0v) is 25.8. The van der Waals surface area contributed by atoms with Crippen LogP contribution < -0.4 is 0 Å². The van der Waals surface area contributed by atoms with E-state index in [2.05, 4.69) is 78.0 Å². The molecule has 1 nitrogen and oxygen atoms in total. The Morgan fingerprint density at radius 2 is 1.35 bits per heavy atom. The second-order valence-electron chi connectivity index (χ2n) is 12.2. The molecule has 0 amide bonds. The third-order valence-electron chi connectivity index (χ3n) is 7.94. The van der Waals surface area contributed by atoms with Gasteiger partial charge in [0.05, 0.1) is 6.61 Å². The predicted octanol–water partition coefficient (Wildman–Crippen LogP) is 12.0. The first kappa shape index (κ1) is 33.7. The van der Waals surface area contributed by atoms with E-state index in [0.717, 1.165) is 13.2 Å². The highest BCUT2D eigenvalue weighted by Gasteiger charge is 2.26. The van der Waals surface area contributed by atoms with E-state index in [4.69, 9.17) is 4.74 Å². The van der Waals surface area contributed by atoms with Crippen LogP contribution in [0, 0.1) is 5.41 Å². The molecule has 37 heavy (non-hydrogen) atoms. The van der Waals surface area contributed by atoms with E-state index in [1.165, 1.54) is 126 Å². The van der Waals surface area contributed by atoms with Crippen molar-refractivity contribution in [1.82, 2.24) is 0 Å². The van der Waals surface area contributed by atoms with Gasteiger partial charge in [0.1, 0.15) is 0 Å². The topological polar surface area (TPSA) is 9.23 Å². The fourth-order valence-corrected chi connectivity index (χ4v) is 5.37. The van der Waals surface area contributed by atoms with Gasteiger partial charge in [-0.15, -0.1) is 0 Å². The van der Waals surface area contributed by atoms with E-state index < -0.39 is 0 Å². The largest absolute Gasteiger partial charge is 0.377 e. The van der Waals surface area contributed by atoms with Crippen LogP contribution in [0.25, 0.3) is 0 Å². The van der Waals surface area contributed by atoms with Crippen LogP contribution in [0.1, 0.15) is 151 Å². The molecule has 0 aromatic carbocycles. The van der Waals surface area contributed by atoms with E-state index in [1.54, 1.807) is 5.57 Å². The van der Waals surface area contributed by atoms with Gasteiger partial charge in [0.2, 0.25) is 0 Å². The molecular weight excluding hydrogens is 448 g/mol. The molecule has 0 aliphatic heterocycles. The Hall–Kier alpha value is -1.34. The molecule has 1 aliphatic carbocycles. The summed E-state index contributed by atoms with van der Waals surface area (Å²) < 4.78 is 5.83. The lowest BCUT2D eigenvalue weighted by molar-refractivity contribution is 0.157. The molecule has 0 fully saturated rings. The van der Waals surface area contributed by atoms with Gasteiger partial charge in [-0.05, 0) is 57.4 Å². The molecule has 0 spiro atoms. The number of allylic oxidation sites excluding steroid dienone is 9. The average molecular weight is 511 g/mol. The van der Waals surface area contributed by atoms with Gasteiger partial charge in [0, 0.05) is 6.61 Å². The molecule has 1 rings (SSSR count). The van der Waals surface area contributed by atoms with Gasteiger partial charge in [-0.3, -0.25) is 0 Å². The predicted molar refractivity (Wildman–Crippen MR) is 167 cm³/mol. The Morgan fingerprint density at radius 3 is 1.92 bits per heavy atom. The van der Waals surface area contributed by atoms with Crippen molar-refractivity contribution < 1.29 is 4.74 Å². The average Bonchev–Trinajstić information content (AvgIpc) is 2.85. The number of unbranched alkanes of at least 4 members (excludes halogenated alkanes) is 13. The molecule has 0 atom stereocenters. The van der Waals surface area contributed by atoms with Gasteiger partial charge >= 0.3 is 0 Å². The van der Waals surface area contributed by atoms with E-state index in [9.17, 15) is 0 Å². The zero-order valence-electron chi connectivity index (χ0n) is 25.8. The van der Waals surface area contributed by atoms with Crippen LogP contribution in [0.4, 0.5) is 0 Å². The third kappa shape index (κ3) is 17.7. The molecule has 1 aliphatic rings. The van der Waals surface area contributed by atoms with Crippen LogP contribution in [-0.2, 0) is 4.74 Å². The maximum atomic E-state index is 5.83. The van der Waals surface area contributed by atoms with Gasteiger partial charge in [-0.25, -0.2) is 0 Å². The summed E-state index contributed by atoms with van der Waals surface area (Å²) in [7, 11) is 0. The molecule has 1 heteroatoms. The molecule has 0 aromatic heterocycles. The first-order valence-electron chi connectivity index (χ1n) is 15.8. The smallest absolute Gasteiger partial charge is 0.0653 e. The van der Waals surface area contributed by atoms with Crippen LogP contribution >= 0.6 is 0 Å². The molecule has 0 bridgehead atoms. The van der Waals surface area contributed by atoms with Crippen molar-refractivity contribution in [3.05, 3.63) is 58.7 Å². The molecule has 0 saturated carbocycles. The minimum Gasteiger partial charge on any atom is -0.377 e. The highest BCUT2D eigenvalue weighted by Crippen LogP contribution is 2.40. The van der Waals surface area contributed by atoms with Gasteiger partial charge in [-0.2, -0.15) is 0 Å². The lowest BCUT2D eigenvalue weighted by atomic mass is 9.72. The number of ether oxygens (including phenoxy) is 1. The number of hydrogen-bond donors (Lipinski definition) is 0. The summed E-state index contributed by atoms with van der Waals surface area (Å²) in [6.45, 7) is 15.3. The lowest BCUT2D eigenvalue weighted by Crippen LogP contribution is -2.19. The maximum absolute atomic E-state index is 5.83. The minimum atomic E-state index is 0.307. The Labute approximate surface area is 232 Å². The van der Waals surface area contributed by atoms with Crippen molar-refractivity contribution in [2.75, 3.05) is 13.2 Å². The van der Waals surface area contributed by atoms with Gasteiger partial charge in [0.15, 0.2) is 0 Å². The Kier molecular flexibility index (Phi) is 19.6. The highest BCUT2D eigenvalue weighted by molar-refractivity contribution is 5.37. The Morgan fingerprint density at radius 1 is 0.784 bits per heavy atom. The Balaban J connectivity index is 2.05. The molecule has 212 valence electrons. The molecular formula is C36H62O. The van der Waals surface area contributed by atoms with Crippen LogP contribution in [0.3, 0.4) is 0 Å². The zero-order chi connectivity index (χ0) is 27.2. The van der Waals surface area contributed by atoms with Crippen molar-refractivity contribution in [2.24, 2.45) is 5.41 Å². The van der Waals surface area contributed by atoms with Crippen molar-refractivity contribution in [1.29, 1.82) is 0 Å². The molecule has 0 unspecified atom stereocenters. The van der Waals surface area contributed by atoms with Crippen molar-refractivity contribution in [2.45, 2.75) is 151 Å². The van der Waals surface area contributed by atoms with E-state index in [-0.39, 0.29) is 0 Å². The van der Waals surface area contributed by atoms with Crippen LogP contribution in [0.15, 0.2) is 58.7 Å². The second kappa shape index (κ2) is 21.6. The highest BCUT2D eigenvalue weighted by atomic mass is 16.5. The molecule has 0 heterocycles. The Bertz CT molecular complexity index is 728. The summed E-state index contributed by atoms with van der Waals surface area (Å²) in [5.74, 6) is 0. The van der Waals surface area contributed by atoms with Gasteiger partial charge in [0.25, 0.3) is 0 Å². The minimum absolute atomic E-state index is 0.307. The first-order chi connectivity index (χ1) is 17.9. The standard InChI is InChI=1S/C36H62O/c1-7-8-9-10-11-12-13-14-15-16-17-18-19-20-30-37-31-28-33(3)24-21-23-32(2)26-27-35-34(4)25-22-29-36(35,5)6/h21,23-24,26-28H,7-20,22,25,29-31H2,1-6H3/b24-21+,27-26+,32-23-,33-28-. The van der Waals surface area contributed by atoms with Crippen LogP contribution in [-0.4, -0.2) is 13.2 Å². The monoisotopic (exact) mass is 510 g/mol. The molecule has 0 aromatic rings. The van der Waals surface area contributed by atoms with Crippen LogP contribution in [0.5, 0.6) is 0 Å². The summed E-state index contributed by atoms with van der Waals surface area (Å²) in [5.41, 5.74) is 5.95. The van der Waals surface area contributed by atoms with Crippen molar-refractivity contribution in [3.63, 3.8) is 0 Å². The summed E-state index contributed by atoms with van der Waals surface area (Å²) >= 11 is 0. The fraction of sp³-hybridized carbons (Fsp3) is 0.722. The van der Waals surface area contributed by atoms with Gasteiger partial charge < -0.3 is 4.74 Å².